The van der Waals surface area contributed by atoms with Crippen molar-refractivity contribution in [2.75, 3.05) is 4.92 Å². The minimum absolute atomic E-state index is 0.856. The molecule has 11 heavy (non-hydrogen) atoms. The average Bonchev–Trinajstić information content (AvgIpc) is 2.58. The summed E-state index contributed by atoms with van der Waals surface area (Å²) in [5.41, 5.74) is 1.21. The van der Waals surface area contributed by atoms with Crippen LogP contribution in [0.4, 0.5) is 5.69 Å². The van der Waals surface area contributed by atoms with Crippen LogP contribution in [0.3, 0.4) is 0 Å². The number of hydrogen-bond donors (Lipinski definition) is 2. The number of nitrogens with one attached hydrogen (secondary N) is 2. The third kappa shape index (κ3) is 1.39. The van der Waals surface area contributed by atoms with Gasteiger partial charge in [-0.05, 0) is 12.1 Å². The van der Waals surface area contributed by atoms with Gasteiger partial charge in [0.15, 0.2) is 0 Å². The van der Waals surface area contributed by atoms with Crippen molar-refractivity contribution in [1.29, 1.82) is 0 Å². The summed E-state index contributed by atoms with van der Waals surface area (Å²) in [6.07, 6.45) is 0. The van der Waals surface area contributed by atoms with E-state index in [0.717, 1.165) is 15.1 Å². The lowest BCUT2D eigenvalue weighted by atomic mass is 10.1. The predicted octanol–water partition coefficient (Wildman–Crippen LogP) is -0.866. The summed E-state index contributed by atoms with van der Waals surface area (Å²) in [6.45, 7) is 0. The Kier molecular flexibility index (Phi) is 1.83. The van der Waals surface area contributed by atoms with Crippen LogP contribution in [0.1, 0.15) is 0 Å². The second-order valence-electron chi connectivity index (χ2n) is 2.51. The van der Waals surface area contributed by atoms with Crippen molar-refractivity contribution in [2.24, 2.45) is 0 Å². The second-order valence-corrected chi connectivity index (χ2v) is 2.51. The molecule has 0 amide bonds. The first-order chi connectivity index (χ1) is 5.47. The predicted molar refractivity (Wildman–Crippen MR) is 49.5 cm³/mol. The van der Waals surface area contributed by atoms with Crippen LogP contribution >= 0.6 is 0 Å². The molecule has 1 fully saturated rings. The van der Waals surface area contributed by atoms with Crippen LogP contribution in [0.25, 0.3) is 0 Å². The molecule has 1 aromatic rings. The Bertz CT molecular complexity index is 223. The molecule has 1 aliphatic heterocycles. The van der Waals surface area contributed by atoms with Crippen LogP contribution in [-0.4, -0.2) is 15.1 Å². The first kappa shape index (κ1) is 6.76. The molecule has 0 bridgehead atoms. The molecule has 2 rings (SSSR count). The van der Waals surface area contributed by atoms with Gasteiger partial charge in [0, 0.05) is 5.69 Å². The first-order valence-electron chi connectivity index (χ1n) is 3.73. The number of rotatable bonds is 1. The highest BCUT2D eigenvalue weighted by molar-refractivity contribution is 6.58. The fourth-order valence-electron chi connectivity index (χ4n) is 1.17. The molecule has 0 unspecified atom stereocenters. The molecule has 0 saturated carbocycles. The van der Waals surface area contributed by atoms with Gasteiger partial charge in [0.1, 0.15) is 0 Å². The molecule has 0 aromatic heterocycles. The van der Waals surface area contributed by atoms with E-state index in [2.05, 4.69) is 27.5 Å². The van der Waals surface area contributed by atoms with Crippen molar-refractivity contribution < 1.29 is 0 Å². The molecule has 0 radical (unpaired) electrons. The van der Waals surface area contributed by atoms with Gasteiger partial charge in [0.05, 0.1) is 0 Å². The molecule has 0 atom stereocenters. The van der Waals surface area contributed by atoms with Gasteiger partial charge in [-0.1, -0.05) is 18.2 Å². The SMILES string of the molecule is B1NBN(c2ccccc2)N1. The molecular weight excluding hydrogens is 136 g/mol. The fraction of sp³-hybridized carbons (Fsp3) is 0. The standard InChI is InChI=1S/C6H9B2N3/c1-2-4-6(5-3-1)11-8-9-7-10-11/h1-5,7-10H. The maximum Gasteiger partial charge on any atom is 0.326 e. The number of benzene rings is 1. The number of hydrogen-bond acceptors (Lipinski definition) is 3. The van der Waals surface area contributed by atoms with Gasteiger partial charge in [-0.2, -0.15) is 0 Å². The summed E-state index contributed by atoms with van der Waals surface area (Å²) in [5.74, 6) is 0. The highest BCUT2D eigenvalue weighted by Crippen LogP contribution is 2.09. The summed E-state index contributed by atoms with van der Waals surface area (Å²) in [4.78, 5) is 2.08. The van der Waals surface area contributed by atoms with Crippen LogP contribution in [0.15, 0.2) is 30.3 Å². The maximum atomic E-state index is 3.20. The van der Waals surface area contributed by atoms with E-state index in [4.69, 9.17) is 0 Å². The lowest BCUT2D eigenvalue weighted by Gasteiger charge is -2.16. The van der Waals surface area contributed by atoms with Gasteiger partial charge in [0.2, 0.25) is 0 Å². The molecule has 0 spiro atoms. The number of nitrogens with zero attached hydrogens (tertiary/aromatic N) is 1. The molecular formula is C6H9B2N3. The summed E-state index contributed by atoms with van der Waals surface area (Å²) in [5, 5.41) is 6.38. The lowest BCUT2D eigenvalue weighted by molar-refractivity contribution is 1.06. The number of anilines is 1. The molecule has 0 aliphatic carbocycles. The van der Waals surface area contributed by atoms with E-state index in [1.54, 1.807) is 0 Å². The van der Waals surface area contributed by atoms with Crippen LogP contribution in [0.5, 0.6) is 0 Å². The minimum atomic E-state index is 0.856. The third-order valence-corrected chi connectivity index (χ3v) is 1.73. The summed E-state index contributed by atoms with van der Waals surface area (Å²) >= 11 is 0. The quantitative estimate of drug-likeness (QED) is 0.503. The van der Waals surface area contributed by atoms with Crippen LogP contribution in [0.2, 0.25) is 0 Å². The zero-order chi connectivity index (χ0) is 7.52. The zero-order valence-electron chi connectivity index (χ0n) is 6.25. The molecule has 1 aliphatic rings. The second kappa shape index (κ2) is 2.98. The lowest BCUT2D eigenvalue weighted by Crippen LogP contribution is -2.33. The molecule has 1 heterocycles. The van der Waals surface area contributed by atoms with Crippen molar-refractivity contribution in [3.63, 3.8) is 0 Å². The normalized spacial score (nSPS) is 15.8. The Morgan fingerprint density at radius 3 is 2.64 bits per heavy atom. The van der Waals surface area contributed by atoms with Gasteiger partial charge in [-0.25, -0.2) is 0 Å². The third-order valence-electron chi connectivity index (χ3n) is 1.73. The Balaban J connectivity index is 2.16. The monoisotopic (exact) mass is 145 g/mol. The van der Waals surface area contributed by atoms with Gasteiger partial charge >= 0.3 is 7.55 Å². The van der Waals surface area contributed by atoms with Crippen LogP contribution in [0, 0.1) is 0 Å². The zero-order valence-corrected chi connectivity index (χ0v) is 6.25. The van der Waals surface area contributed by atoms with Crippen LogP contribution in [-0.2, 0) is 0 Å². The van der Waals surface area contributed by atoms with E-state index < -0.39 is 0 Å². The molecule has 5 heteroatoms. The Morgan fingerprint density at radius 1 is 1.18 bits per heavy atom. The van der Waals surface area contributed by atoms with E-state index in [1.807, 2.05) is 18.2 Å². The highest BCUT2D eigenvalue weighted by atomic mass is 15.5. The Hall–Kier alpha value is -0.930. The van der Waals surface area contributed by atoms with Crippen molar-refractivity contribution in [2.45, 2.75) is 0 Å². The van der Waals surface area contributed by atoms with E-state index in [1.165, 1.54) is 5.69 Å². The van der Waals surface area contributed by atoms with Gasteiger partial charge < -0.3 is 10.1 Å². The molecule has 1 aromatic carbocycles. The van der Waals surface area contributed by atoms with Crippen LogP contribution < -0.4 is 15.4 Å². The smallest absolute Gasteiger partial charge is 0.326 e. The number of para-hydroxylation sites is 1. The molecule has 54 valence electrons. The maximum absolute atomic E-state index is 3.20. The van der Waals surface area contributed by atoms with E-state index in [0.29, 0.717) is 0 Å². The first-order valence-corrected chi connectivity index (χ1v) is 3.73. The minimum Gasteiger partial charge on any atom is -0.369 e. The van der Waals surface area contributed by atoms with E-state index in [9.17, 15) is 0 Å². The molecule has 2 N–H and O–H groups in total. The Morgan fingerprint density at radius 2 is 2.00 bits per heavy atom. The summed E-state index contributed by atoms with van der Waals surface area (Å²) in [6, 6.07) is 10.3. The van der Waals surface area contributed by atoms with Crippen molar-refractivity contribution >= 4 is 20.8 Å². The summed E-state index contributed by atoms with van der Waals surface area (Å²) < 4.78 is 0. The topological polar surface area (TPSA) is 27.3 Å². The van der Waals surface area contributed by atoms with E-state index >= 15 is 0 Å². The van der Waals surface area contributed by atoms with Gasteiger partial charge in [-0.3, -0.25) is 5.34 Å². The van der Waals surface area contributed by atoms with Crippen molar-refractivity contribution in [3.8, 4) is 0 Å². The van der Waals surface area contributed by atoms with Crippen molar-refractivity contribution in [3.05, 3.63) is 30.3 Å². The molecule has 3 nitrogen and oxygen atoms in total. The fourth-order valence-corrected chi connectivity index (χ4v) is 1.17. The largest absolute Gasteiger partial charge is 0.369 e. The number of hydrazine groups is 1. The van der Waals surface area contributed by atoms with E-state index in [-0.39, 0.29) is 0 Å². The van der Waals surface area contributed by atoms with Gasteiger partial charge in [-0.15, -0.1) is 0 Å². The van der Waals surface area contributed by atoms with Gasteiger partial charge in [0.25, 0.3) is 7.55 Å². The van der Waals surface area contributed by atoms with Crippen molar-refractivity contribution in [1.82, 2.24) is 10.5 Å². The molecule has 1 saturated heterocycles. The average molecular weight is 145 g/mol. The highest BCUT2D eigenvalue weighted by Gasteiger charge is 2.12. The Labute approximate surface area is 67.3 Å². The summed E-state index contributed by atoms with van der Waals surface area (Å²) in [7, 11) is 1.74.